The highest BCUT2D eigenvalue weighted by Gasteiger charge is 2.26. The van der Waals surface area contributed by atoms with Crippen LogP contribution >= 0.6 is 0 Å². The van der Waals surface area contributed by atoms with Crippen LogP contribution in [0.5, 0.6) is 0 Å². The molecule has 0 aromatic heterocycles. The molecule has 3 N–H and O–H groups in total. The molecule has 110 valence electrons. The molecule has 1 amide bonds. The van der Waals surface area contributed by atoms with E-state index in [2.05, 4.69) is 43.4 Å². The molecular formula is C17H26N2O. The van der Waals surface area contributed by atoms with Crippen LogP contribution in [-0.4, -0.2) is 11.9 Å². The van der Waals surface area contributed by atoms with Crippen LogP contribution in [0.3, 0.4) is 0 Å². The molecule has 1 saturated carbocycles. The second-order valence-corrected chi connectivity index (χ2v) is 5.99. The summed E-state index contributed by atoms with van der Waals surface area (Å²) in [7, 11) is 0. The fourth-order valence-electron chi connectivity index (χ4n) is 2.89. The van der Waals surface area contributed by atoms with Gasteiger partial charge in [0.15, 0.2) is 0 Å². The minimum atomic E-state index is 0.124. The molecular weight excluding hydrogens is 248 g/mol. The summed E-state index contributed by atoms with van der Waals surface area (Å²) in [5.41, 5.74) is 8.34. The topological polar surface area (TPSA) is 55.1 Å². The zero-order chi connectivity index (χ0) is 14.5. The lowest BCUT2D eigenvalue weighted by molar-refractivity contribution is -0.126. The second-order valence-electron chi connectivity index (χ2n) is 5.99. The number of aryl methyl sites for hydroxylation is 1. The van der Waals surface area contributed by atoms with Gasteiger partial charge in [0.1, 0.15) is 0 Å². The lowest BCUT2D eigenvalue weighted by Gasteiger charge is -2.27. The van der Waals surface area contributed by atoms with Crippen LogP contribution in [0, 0.1) is 12.8 Å². The van der Waals surface area contributed by atoms with Gasteiger partial charge in [0.05, 0.1) is 6.04 Å². The number of carbonyl (C=O) groups is 1. The smallest absolute Gasteiger partial charge is 0.223 e. The molecule has 1 atom stereocenters. The Morgan fingerprint density at radius 2 is 1.85 bits per heavy atom. The molecule has 0 saturated heterocycles. The highest BCUT2D eigenvalue weighted by molar-refractivity contribution is 5.79. The van der Waals surface area contributed by atoms with Crippen molar-refractivity contribution in [3.8, 4) is 0 Å². The second kappa shape index (κ2) is 6.89. The fraction of sp³-hybridized carbons (Fsp3) is 0.588. The summed E-state index contributed by atoms with van der Waals surface area (Å²) in [6, 6.07) is 8.84. The van der Waals surface area contributed by atoms with Gasteiger partial charge in [-0.1, -0.05) is 36.8 Å². The van der Waals surface area contributed by atoms with Crippen LogP contribution in [0.1, 0.15) is 56.2 Å². The van der Waals surface area contributed by atoms with Gasteiger partial charge < -0.3 is 11.1 Å². The molecule has 3 nitrogen and oxygen atoms in total. The number of nitrogens with two attached hydrogens (primary N) is 1. The first-order valence-corrected chi connectivity index (χ1v) is 7.72. The Morgan fingerprint density at radius 1 is 1.25 bits per heavy atom. The molecule has 1 unspecified atom stereocenters. The number of rotatable bonds is 4. The van der Waals surface area contributed by atoms with Crippen molar-refractivity contribution in [3.63, 3.8) is 0 Å². The van der Waals surface area contributed by atoms with E-state index in [1.165, 1.54) is 11.1 Å². The maximum atomic E-state index is 12.4. The van der Waals surface area contributed by atoms with Gasteiger partial charge in [-0.05, 0) is 44.6 Å². The van der Waals surface area contributed by atoms with Crippen molar-refractivity contribution < 1.29 is 4.79 Å². The number of benzene rings is 1. The first kappa shape index (κ1) is 15.0. The quantitative estimate of drug-likeness (QED) is 0.886. The lowest BCUT2D eigenvalue weighted by atomic mass is 9.85. The van der Waals surface area contributed by atoms with E-state index in [4.69, 9.17) is 5.73 Å². The summed E-state index contributed by atoms with van der Waals surface area (Å²) in [5.74, 6) is 0.346. The zero-order valence-corrected chi connectivity index (χ0v) is 12.6. The Kier molecular flexibility index (Phi) is 5.18. The normalized spacial score (nSPS) is 24.1. The third-order valence-corrected chi connectivity index (χ3v) is 4.35. The van der Waals surface area contributed by atoms with Gasteiger partial charge in [0, 0.05) is 12.0 Å². The Labute approximate surface area is 121 Å². The number of amides is 1. The minimum Gasteiger partial charge on any atom is -0.349 e. The summed E-state index contributed by atoms with van der Waals surface area (Å²) in [4.78, 5) is 12.4. The van der Waals surface area contributed by atoms with E-state index in [1.807, 2.05) is 0 Å². The molecule has 1 aliphatic rings. The summed E-state index contributed by atoms with van der Waals surface area (Å²) in [5, 5.41) is 3.21. The van der Waals surface area contributed by atoms with Gasteiger partial charge in [-0.2, -0.15) is 0 Å². The van der Waals surface area contributed by atoms with Crippen LogP contribution in [0.25, 0.3) is 0 Å². The first-order chi connectivity index (χ1) is 9.60. The zero-order valence-electron chi connectivity index (χ0n) is 12.6. The van der Waals surface area contributed by atoms with Crippen LogP contribution in [0.2, 0.25) is 0 Å². The fourth-order valence-corrected chi connectivity index (χ4v) is 2.89. The highest BCUT2D eigenvalue weighted by atomic mass is 16.1. The lowest BCUT2D eigenvalue weighted by Crippen LogP contribution is -2.37. The van der Waals surface area contributed by atoms with E-state index in [9.17, 15) is 4.79 Å². The average molecular weight is 274 g/mol. The predicted octanol–water partition coefficient (Wildman–Crippen LogP) is 3.08. The van der Waals surface area contributed by atoms with Crippen molar-refractivity contribution in [3.05, 3.63) is 35.4 Å². The third-order valence-electron chi connectivity index (χ3n) is 4.35. The van der Waals surface area contributed by atoms with Gasteiger partial charge in [-0.15, -0.1) is 0 Å². The molecule has 20 heavy (non-hydrogen) atoms. The van der Waals surface area contributed by atoms with Crippen molar-refractivity contribution in [2.24, 2.45) is 11.7 Å². The van der Waals surface area contributed by atoms with Crippen molar-refractivity contribution in [2.45, 2.75) is 58.0 Å². The average Bonchev–Trinajstić information content (AvgIpc) is 2.46. The third kappa shape index (κ3) is 3.83. The summed E-state index contributed by atoms with van der Waals surface area (Å²) in [6.07, 6.45) is 4.72. The molecule has 1 aromatic rings. The van der Waals surface area contributed by atoms with E-state index in [0.29, 0.717) is 0 Å². The maximum absolute atomic E-state index is 12.4. The van der Waals surface area contributed by atoms with Gasteiger partial charge in [0.25, 0.3) is 0 Å². The van der Waals surface area contributed by atoms with E-state index < -0.39 is 0 Å². The van der Waals surface area contributed by atoms with Crippen LogP contribution < -0.4 is 11.1 Å². The standard InChI is InChI=1S/C17H26N2O/c1-3-16(13-6-4-12(2)5-7-13)19-17(20)14-8-10-15(18)11-9-14/h4-7,14-16H,3,8-11,18H2,1-2H3,(H,19,20). The van der Waals surface area contributed by atoms with Gasteiger partial charge in [-0.3, -0.25) is 4.79 Å². The molecule has 0 bridgehead atoms. The van der Waals surface area contributed by atoms with Crippen molar-refractivity contribution in [1.29, 1.82) is 0 Å². The molecule has 0 aliphatic heterocycles. The highest BCUT2D eigenvalue weighted by Crippen LogP contribution is 2.25. The summed E-state index contributed by atoms with van der Waals surface area (Å²) < 4.78 is 0. The first-order valence-electron chi connectivity index (χ1n) is 7.72. The Hall–Kier alpha value is -1.35. The number of hydrogen-bond donors (Lipinski definition) is 2. The molecule has 0 heterocycles. The van der Waals surface area contributed by atoms with E-state index in [1.54, 1.807) is 0 Å². The van der Waals surface area contributed by atoms with Gasteiger partial charge in [-0.25, -0.2) is 0 Å². The van der Waals surface area contributed by atoms with Crippen molar-refractivity contribution >= 4 is 5.91 Å². The number of carbonyl (C=O) groups excluding carboxylic acids is 1. The minimum absolute atomic E-state index is 0.124. The molecule has 1 aliphatic carbocycles. The van der Waals surface area contributed by atoms with Crippen molar-refractivity contribution in [2.75, 3.05) is 0 Å². The predicted molar refractivity (Wildman–Crippen MR) is 82.3 cm³/mol. The Bertz CT molecular complexity index is 433. The van der Waals surface area contributed by atoms with E-state index in [-0.39, 0.29) is 23.9 Å². The van der Waals surface area contributed by atoms with Gasteiger partial charge >= 0.3 is 0 Å². The SMILES string of the molecule is CCC(NC(=O)C1CCC(N)CC1)c1ccc(C)cc1. The Balaban J connectivity index is 1.95. The Morgan fingerprint density at radius 3 is 2.40 bits per heavy atom. The van der Waals surface area contributed by atoms with E-state index in [0.717, 1.165) is 32.1 Å². The molecule has 0 spiro atoms. The van der Waals surface area contributed by atoms with E-state index >= 15 is 0 Å². The maximum Gasteiger partial charge on any atom is 0.223 e. The summed E-state index contributed by atoms with van der Waals surface area (Å²) >= 11 is 0. The molecule has 2 rings (SSSR count). The molecule has 3 heteroatoms. The summed E-state index contributed by atoms with van der Waals surface area (Å²) in [6.45, 7) is 4.19. The monoisotopic (exact) mass is 274 g/mol. The molecule has 1 aromatic carbocycles. The number of nitrogens with one attached hydrogen (secondary N) is 1. The van der Waals surface area contributed by atoms with Crippen LogP contribution in [-0.2, 0) is 4.79 Å². The van der Waals surface area contributed by atoms with Crippen molar-refractivity contribution in [1.82, 2.24) is 5.32 Å². The number of hydrogen-bond acceptors (Lipinski definition) is 2. The van der Waals surface area contributed by atoms with Gasteiger partial charge in [0.2, 0.25) is 5.91 Å². The van der Waals surface area contributed by atoms with Crippen LogP contribution in [0.4, 0.5) is 0 Å². The molecule has 1 fully saturated rings. The largest absolute Gasteiger partial charge is 0.349 e. The molecule has 0 radical (unpaired) electrons. The van der Waals surface area contributed by atoms with Crippen LogP contribution in [0.15, 0.2) is 24.3 Å².